The highest BCUT2D eigenvalue weighted by atomic mass is 35.5. The summed E-state index contributed by atoms with van der Waals surface area (Å²) in [5.41, 5.74) is 2.43. The summed E-state index contributed by atoms with van der Waals surface area (Å²) in [5.74, 6) is 0.219. The van der Waals surface area contributed by atoms with Gasteiger partial charge in [-0.1, -0.05) is 29.9 Å². The summed E-state index contributed by atoms with van der Waals surface area (Å²) in [4.78, 5) is 20.6. The highest BCUT2D eigenvalue weighted by Gasteiger charge is 2.14. The molecule has 0 saturated heterocycles. The van der Waals surface area contributed by atoms with Crippen LogP contribution in [-0.4, -0.2) is 21.1 Å². The quantitative estimate of drug-likeness (QED) is 0.478. The smallest absolute Gasteiger partial charge is 0.274 e. The van der Waals surface area contributed by atoms with Crippen molar-refractivity contribution >= 4 is 45.3 Å². The average molecular weight is 447 g/mol. The van der Waals surface area contributed by atoms with Crippen LogP contribution in [-0.2, 0) is 0 Å². The van der Waals surface area contributed by atoms with Crippen LogP contribution in [0.1, 0.15) is 28.7 Å². The highest BCUT2D eigenvalue weighted by Crippen LogP contribution is 2.35. The molecule has 0 saturated carbocycles. The molecule has 0 aliphatic heterocycles. The predicted octanol–water partition coefficient (Wildman–Crippen LogP) is 4.80. The van der Waals surface area contributed by atoms with Gasteiger partial charge in [0.1, 0.15) is 0 Å². The van der Waals surface area contributed by atoms with Gasteiger partial charge in [0.2, 0.25) is 0 Å². The molecular formula is C21H19ClN2O3S2. The first kappa shape index (κ1) is 19.9. The maximum atomic E-state index is 12.9. The minimum Gasteiger partial charge on any atom is -0.503 e. The summed E-state index contributed by atoms with van der Waals surface area (Å²) in [6, 6.07) is 5.39. The summed E-state index contributed by atoms with van der Waals surface area (Å²) in [6.07, 6.45) is 4.34. The second kappa shape index (κ2) is 7.82. The Balaban J connectivity index is 1.77. The number of aryl methyl sites for hydroxylation is 2. The minimum atomic E-state index is -0.131. The molecule has 5 nitrogen and oxygen atoms in total. The molecule has 3 heterocycles. The summed E-state index contributed by atoms with van der Waals surface area (Å²) in [5, 5.41) is 10.3. The summed E-state index contributed by atoms with van der Waals surface area (Å²) in [7, 11) is 0. The molecule has 8 heteroatoms. The maximum Gasteiger partial charge on any atom is 0.274 e. The number of hydrogen-bond acceptors (Lipinski definition) is 6. The summed E-state index contributed by atoms with van der Waals surface area (Å²) < 4.78 is 7.67. The number of imidazole rings is 1. The number of phenolic OH excluding ortho intramolecular Hbond substituents is 1. The van der Waals surface area contributed by atoms with Crippen molar-refractivity contribution in [3.05, 3.63) is 59.6 Å². The third-order valence-electron chi connectivity index (χ3n) is 4.43. The topological polar surface area (TPSA) is 63.8 Å². The van der Waals surface area contributed by atoms with E-state index in [0.29, 0.717) is 27.4 Å². The first-order valence-electron chi connectivity index (χ1n) is 9.13. The molecule has 0 atom stereocenters. The number of rotatable bonds is 5. The molecule has 0 aliphatic carbocycles. The Bertz CT molecular complexity index is 1320. The van der Waals surface area contributed by atoms with E-state index in [4.69, 9.17) is 16.3 Å². The second-order valence-corrected chi connectivity index (χ2v) is 9.60. The van der Waals surface area contributed by atoms with Gasteiger partial charge in [-0.2, -0.15) is 0 Å². The zero-order chi connectivity index (χ0) is 20.7. The molecule has 0 bridgehead atoms. The van der Waals surface area contributed by atoms with Gasteiger partial charge < -0.3 is 9.84 Å². The van der Waals surface area contributed by atoms with Crippen molar-refractivity contribution < 1.29 is 9.84 Å². The van der Waals surface area contributed by atoms with Crippen molar-refractivity contribution in [3.8, 4) is 22.8 Å². The van der Waals surface area contributed by atoms with Crippen LogP contribution in [0.15, 0.2) is 29.2 Å². The Morgan fingerprint density at radius 1 is 1.28 bits per heavy atom. The van der Waals surface area contributed by atoms with Crippen molar-refractivity contribution in [2.24, 2.45) is 0 Å². The number of fused-ring (bicyclic) bond motifs is 1. The lowest BCUT2D eigenvalue weighted by molar-refractivity contribution is 0.299. The van der Waals surface area contributed by atoms with Crippen molar-refractivity contribution in [3.63, 3.8) is 0 Å². The Hall–Kier alpha value is -2.35. The van der Waals surface area contributed by atoms with E-state index in [1.165, 1.54) is 21.1 Å². The van der Waals surface area contributed by atoms with E-state index in [2.05, 4.69) is 24.9 Å². The van der Waals surface area contributed by atoms with E-state index >= 15 is 0 Å². The fourth-order valence-electron chi connectivity index (χ4n) is 3.10. The zero-order valence-electron chi connectivity index (χ0n) is 16.2. The average Bonchev–Trinajstić information content (AvgIpc) is 3.31. The normalized spacial score (nSPS) is 12.2. The first-order valence-corrected chi connectivity index (χ1v) is 11.1. The second-order valence-electron chi connectivity index (χ2n) is 6.72. The number of thiophene rings is 1. The molecule has 1 aromatic carbocycles. The van der Waals surface area contributed by atoms with Gasteiger partial charge in [-0.05, 0) is 50.1 Å². The van der Waals surface area contributed by atoms with Crippen LogP contribution in [0.3, 0.4) is 0 Å². The number of halogens is 1. The number of benzene rings is 1. The van der Waals surface area contributed by atoms with Crippen molar-refractivity contribution in [1.29, 1.82) is 0 Å². The van der Waals surface area contributed by atoms with Crippen molar-refractivity contribution in [1.82, 2.24) is 9.38 Å². The zero-order valence-corrected chi connectivity index (χ0v) is 18.5. The standard InChI is InChI=1S/C21H19ClN2O3S2/c1-4-5-27-17-8-13(7-15(22)19(17)25)9-18-20(26)24-10-16(23-21(24)29-18)14-6-11(2)28-12(14)3/h6-10,25H,4-5H2,1-3H3. The van der Waals surface area contributed by atoms with Gasteiger partial charge in [-0.3, -0.25) is 9.20 Å². The van der Waals surface area contributed by atoms with E-state index < -0.39 is 0 Å². The van der Waals surface area contributed by atoms with Crippen LogP contribution in [0.25, 0.3) is 22.3 Å². The van der Waals surface area contributed by atoms with E-state index in [9.17, 15) is 9.90 Å². The predicted molar refractivity (Wildman–Crippen MR) is 120 cm³/mol. The molecule has 0 spiro atoms. The summed E-state index contributed by atoms with van der Waals surface area (Å²) >= 11 is 9.17. The molecule has 0 radical (unpaired) electrons. The number of ether oxygens (including phenoxy) is 1. The molecule has 0 aliphatic rings. The highest BCUT2D eigenvalue weighted by molar-refractivity contribution is 7.15. The molecule has 0 unspecified atom stereocenters. The van der Waals surface area contributed by atoms with Gasteiger partial charge in [-0.25, -0.2) is 4.98 Å². The van der Waals surface area contributed by atoms with Crippen molar-refractivity contribution in [2.75, 3.05) is 6.61 Å². The largest absolute Gasteiger partial charge is 0.503 e. The molecule has 29 heavy (non-hydrogen) atoms. The fourth-order valence-corrected chi connectivity index (χ4v) is 5.21. The number of hydrogen-bond donors (Lipinski definition) is 1. The number of thiazole rings is 1. The van der Waals surface area contributed by atoms with Gasteiger partial charge in [0, 0.05) is 21.5 Å². The molecule has 150 valence electrons. The van der Waals surface area contributed by atoms with Gasteiger partial charge in [0.25, 0.3) is 5.56 Å². The number of aromatic nitrogens is 2. The van der Waals surface area contributed by atoms with E-state index in [1.807, 2.05) is 6.92 Å². The van der Waals surface area contributed by atoms with Crippen LogP contribution in [0, 0.1) is 13.8 Å². The van der Waals surface area contributed by atoms with E-state index in [-0.39, 0.29) is 16.3 Å². The van der Waals surface area contributed by atoms with Crippen LogP contribution >= 0.6 is 34.3 Å². The van der Waals surface area contributed by atoms with Crippen LogP contribution in [0.4, 0.5) is 0 Å². The van der Waals surface area contributed by atoms with Crippen LogP contribution < -0.4 is 14.8 Å². The van der Waals surface area contributed by atoms with Gasteiger partial charge in [-0.15, -0.1) is 11.3 Å². The molecule has 0 amide bonds. The van der Waals surface area contributed by atoms with Gasteiger partial charge in [0.15, 0.2) is 16.5 Å². The minimum absolute atomic E-state index is 0.0911. The Labute approximate surface area is 180 Å². The van der Waals surface area contributed by atoms with Crippen LogP contribution in [0.2, 0.25) is 5.02 Å². The van der Waals surface area contributed by atoms with Gasteiger partial charge in [0.05, 0.1) is 21.9 Å². The third kappa shape index (κ3) is 3.77. The van der Waals surface area contributed by atoms with E-state index in [0.717, 1.165) is 17.7 Å². The lowest BCUT2D eigenvalue weighted by Crippen LogP contribution is -2.22. The monoisotopic (exact) mass is 446 g/mol. The lowest BCUT2D eigenvalue weighted by atomic mass is 10.2. The Morgan fingerprint density at radius 2 is 2.07 bits per heavy atom. The molecule has 3 aromatic heterocycles. The molecule has 4 rings (SSSR count). The first-order chi connectivity index (χ1) is 13.9. The third-order valence-corrected chi connectivity index (χ3v) is 6.67. The SMILES string of the molecule is CCCOc1cc(C=c2sc3nc(-c4cc(C)sc4C)cn3c2=O)cc(Cl)c1O. The Kier molecular flexibility index (Phi) is 5.38. The molecule has 1 N–H and O–H groups in total. The molecular weight excluding hydrogens is 428 g/mol. The van der Waals surface area contributed by atoms with Gasteiger partial charge >= 0.3 is 0 Å². The fraction of sp³-hybridized carbons (Fsp3) is 0.238. The molecule has 4 aromatic rings. The van der Waals surface area contributed by atoms with Crippen LogP contribution in [0.5, 0.6) is 11.5 Å². The Morgan fingerprint density at radius 3 is 2.72 bits per heavy atom. The molecule has 0 fully saturated rings. The maximum absolute atomic E-state index is 12.9. The van der Waals surface area contributed by atoms with E-state index in [1.54, 1.807) is 40.1 Å². The summed E-state index contributed by atoms with van der Waals surface area (Å²) in [6.45, 7) is 6.57. The number of aromatic hydroxyl groups is 1. The number of nitrogens with zero attached hydrogens (tertiary/aromatic N) is 2. The van der Waals surface area contributed by atoms with Crippen molar-refractivity contribution in [2.45, 2.75) is 27.2 Å². The number of phenols is 1. The lowest BCUT2D eigenvalue weighted by Gasteiger charge is -2.09.